The number of rotatable bonds is 2. The van der Waals surface area contributed by atoms with Crippen molar-refractivity contribution in [1.29, 1.82) is 0 Å². The molecule has 0 N–H and O–H groups in total. The van der Waals surface area contributed by atoms with Gasteiger partial charge in [-0.25, -0.2) is 9.97 Å². The average Bonchev–Trinajstić information content (AvgIpc) is 2.53. The molecule has 0 radical (unpaired) electrons. The lowest BCUT2D eigenvalue weighted by atomic mass is 10.1. The number of hydrogen-bond donors (Lipinski definition) is 0. The minimum atomic E-state index is -0.662. The van der Waals surface area contributed by atoms with Crippen molar-refractivity contribution in [3.63, 3.8) is 0 Å². The van der Waals surface area contributed by atoms with Gasteiger partial charge in [0.25, 0.3) is 5.91 Å². The zero-order valence-corrected chi connectivity index (χ0v) is 13.8. The van der Waals surface area contributed by atoms with Crippen LogP contribution in [-0.2, 0) is 9.59 Å². The van der Waals surface area contributed by atoms with Crippen molar-refractivity contribution in [3.05, 3.63) is 23.8 Å². The molecule has 1 aliphatic rings. The Balaban J connectivity index is 2.23. The number of hydrogen-bond acceptors (Lipinski definition) is 5. The van der Waals surface area contributed by atoms with Gasteiger partial charge in [-0.1, -0.05) is 0 Å². The van der Waals surface area contributed by atoms with Gasteiger partial charge in [-0.3, -0.25) is 14.4 Å². The number of likely N-dealkylation sites (N-methyl/N-ethyl adjacent to an activating group) is 1. The minimum Gasteiger partial charge on any atom is -0.347 e. The molecule has 1 aromatic rings. The van der Waals surface area contributed by atoms with Crippen molar-refractivity contribution in [2.45, 2.75) is 19.9 Å². The number of piperazine rings is 1. The second-order valence-electron chi connectivity index (χ2n) is 5.73. The van der Waals surface area contributed by atoms with Gasteiger partial charge < -0.3 is 14.7 Å². The Hall–Kier alpha value is -2.51. The van der Waals surface area contributed by atoms with Crippen LogP contribution in [0.15, 0.2) is 12.5 Å². The molecule has 0 spiro atoms. The molecule has 8 heteroatoms. The highest BCUT2D eigenvalue weighted by Gasteiger charge is 2.36. The largest absolute Gasteiger partial charge is 0.347 e. The van der Waals surface area contributed by atoms with E-state index in [1.807, 2.05) is 0 Å². The second kappa shape index (κ2) is 6.72. The molecule has 23 heavy (non-hydrogen) atoms. The summed E-state index contributed by atoms with van der Waals surface area (Å²) in [5.74, 6) is -0.585. The van der Waals surface area contributed by atoms with Crippen molar-refractivity contribution in [1.82, 2.24) is 24.7 Å². The van der Waals surface area contributed by atoms with Crippen molar-refractivity contribution in [2.75, 3.05) is 33.7 Å². The lowest BCUT2D eigenvalue weighted by Gasteiger charge is -2.41. The van der Waals surface area contributed by atoms with Gasteiger partial charge in [0, 0.05) is 40.3 Å². The van der Waals surface area contributed by atoms with Gasteiger partial charge in [0.2, 0.25) is 11.8 Å². The highest BCUT2D eigenvalue weighted by Crippen LogP contribution is 2.16. The summed E-state index contributed by atoms with van der Waals surface area (Å²) in [6, 6.07) is -0.662. The summed E-state index contributed by atoms with van der Waals surface area (Å²) < 4.78 is 0. The fourth-order valence-electron chi connectivity index (χ4n) is 2.62. The Labute approximate surface area is 135 Å². The molecule has 2 heterocycles. The van der Waals surface area contributed by atoms with Crippen molar-refractivity contribution < 1.29 is 14.4 Å². The van der Waals surface area contributed by atoms with E-state index in [9.17, 15) is 14.4 Å². The average molecular weight is 319 g/mol. The molecule has 1 aliphatic heterocycles. The van der Waals surface area contributed by atoms with Gasteiger partial charge in [0.05, 0.1) is 17.8 Å². The summed E-state index contributed by atoms with van der Waals surface area (Å²) in [4.78, 5) is 49.2. The second-order valence-corrected chi connectivity index (χ2v) is 5.73. The number of aromatic nitrogens is 2. The number of aryl methyl sites for hydroxylation is 1. The van der Waals surface area contributed by atoms with Gasteiger partial charge in [-0.2, -0.15) is 0 Å². The Morgan fingerprint density at radius 1 is 1.26 bits per heavy atom. The van der Waals surface area contributed by atoms with Gasteiger partial charge in [-0.05, 0) is 6.92 Å². The maximum absolute atomic E-state index is 12.7. The maximum Gasteiger partial charge on any atom is 0.257 e. The van der Waals surface area contributed by atoms with Crippen LogP contribution < -0.4 is 0 Å². The van der Waals surface area contributed by atoms with E-state index >= 15 is 0 Å². The smallest absolute Gasteiger partial charge is 0.257 e. The van der Waals surface area contributed by atoms with E-state index in [0.717, 1.165) is 0 Å². The Kier molecular flexibility index (Phi) is 4.92. The third-order valence-corrected chi connectivity index (χ3v) is 3.94. The van der Waals surface area contributed by atoms with E-state index < -0.39 is 6.04 Å². The van der Waals surface area contributed by atoms with Crippen LogP contribution in [0.4, 0.5) is 0 Å². The van der Waals surface area contributed by atoms with Crippen LogP contribution in [0.25, 0.3) is 0 Å². The Bertz CT molecular complexity index is 631. The standard InChI is InChI=1S/C15H21N5O3/c1-10-12(7-16-9-17-10)14(22)19-5-6-20(11(2)21)13(8-19)15(23)18(3)4/h7,9,13H,5-6,8H2,1-4H3/t13-/m0/s1. The van der Waals surface area contributed by atoms with E-state index in [2.05, 4.69) is 9.97 Å². The van der Waals surface area contributed by atoms with Crippen molar-refractivity contribution in [2.24, 2.45) is 0 Å². The first kappa shape index (κ1) is 16.9. The van der Waals surface area contributed by atoms with Crippen LogP contribution in [0.2, 0.25) is 0 Å². The molecular formula is C15H21N5O3. The third-order valence-electron chi connectivity index (χ3n) is 3.94. The molecule has 8 nitrogen and oxygen atoms in total. The van der Waals surface area contributed by atoms with Crippen molar-refractivity contribution in [3.8, 4) is 0 Å². The zero-order valence-electron chi connectivity index (χ0n) is 13.8. The fraction of sp³-hybridized carbons (Fsp3) is 0.533. The molecule has 124 valence electrons. The van der Waals surface area contributed by atoms with Gasteiger partial charge in [-0.15, -0.1) is 0 Å². The van der Waals surface area contributed by atoms with Crippen LogP contribution >= 0.6 is 0 Å². The first-order chi connectivity index (χ1) is 10.8. The van der Waals surface area contributed by atoms with E-state index in [0.29, 0.717) is 24.3 Å². The zero-order chi connectivity index (χ0) is 17.1. The summed E-state index contributed by atoms with van der Waals surface area (Å²) in [6.45, 7) is 4.05. The summed E-state index contributed by atoms with van der Waals surface area (Å²) in [7, 11) is 3.27. The van der Waals surface area contributed by atoms with Gasteiger partial charge in [0.15, 0.2) is 0 Å². The number of amides is 3. The molecule has 1 aromatic heterocycles. The first-order valence-corrected chi connectivity index (χ1v) is 7.37. The molecule has 0 aliphatic carbocycles. The highest BCUT2D eigenvalue weighted by molar-refractivity contribution is 5.96. The third kappa shape index (κ3) is 3.46. The summed E-state index contributed by atoms with van der Waals surface area (Å²) in [5, 5.41) is 0. The fourth-order valence-corrected chi connectivity index (χ4v) is 2.62. The normalized spacial score (nSPS) is 17.8. The van der Waals surface area contributed by atoms with Crippen molar-refractivity contribution >= 4 is 17.7 Å². The van der Waals surface area contributed by atoms with E-state index in [-0.39, 0.29) is 24.3 Å². The summed E-state index contributed by atoms with van der Waals surface area (Å²) >= 11 is 0. The molecule has 1 saturated heterocycles. The Morgan fingerprint density at radius 2 is 1.96 bits per heavy atom. The highest BCUT2D eigenvalue weighted by atomic mass is 16.2. The van der Waals surface area contributed by atoms with E-state index in [1.165, 1.54) is 29.2 Å². The van der Waals surface area contributed by atoms with Crippen LogP contribution in [0.3, 0.4) is 0 Å². The van der Waals surface area contributed by atoms with Crippen LogP contribution in [0.1, 0.15) is 23.0 Å². The molecule has 0 bridgehead atoms. The number of nitrogens with zero attached hydrogens (tertiary/aromatic N) is 5. The summed E-state index contributed by atoms with van der Waals surface area (Å²) in [6.07, 6.45) is 2.86. The SMILES string of the molecule is CC(=O)N1CCN(C(=O)c2cncnc2C)C[C@H]1C(=O)N(C)C. The molecule has 1 fully saturated rings. The number of carbonyl (C=O) groups excluding carboxylic acids is 3. The topological polar surface area (TPSA) is 86.7 Å². The lowest BCUT2D eigenvalue weighted by Crippen LogP contribution is -2.61. The molecule has 0 unspecified atom stereocenters. The van der Waals surface area contributed by atoms with E-state index in [1.54, 1.807) is 25.9 Å². The molecule has 0 saturated carbocycles. The predicted octanol–water partition coefficient (Wildman–Crippen LogP) is -0.454. The molecule has 2 rings (SSSR count). The molecule has 0 aromatic carbocycles. The van der Waals surface area contributed by atoms with Crippen LogP contribution in [-0.4, -0.2) is 82.2 Å². The maximum atomic E-state index is 12.7. The summed E-state index contributed by atoms with van der Waals surface area (Å²) in [5.41, 5.74) is 1.01. The number of carbonyl (C=O) groups is 3. The Morgan fingerprint density at radius 3 is 2.52 bits per heavy atom. The molecule has 3 amide bonds. The molecule has 1 atom stereocenters. The minimum absolute atomic E-state index is 0.170. The quantitative estimate of drug-likeness (QED) is 0.736. The predicted molar refractivity (Wildman–Crippen MR) is 82.5 cm³/mol. The van der Waals surface area contributed by atoms with Crippen LogP contribution in [0.5, 0.6) is 0 Å². The lowest BCUT2D eigenvalue weighted by molar-refractivity contribution is -0.146. The monoisotopic (exact) mass is 319 g/mol. The van der Waals surface area contributed by atoms with Gasteiger partial charge >= 0.3 is 0 Å². The molecular weight excluding hydrogens is 298 g/mol. The van der Waals surface area contributed by atoms with Crippen LogP contribution in [0, 0.1) is 6.92 Å². The van der Waals surface area contributed by atoms with Gasteiger partial charge in [0.1, 0.15) is 12.4 Å². The first-order valence-electron chi connectivity index (χ1n) is 7.37. The van der Waals surface area contributed by atoms with E-state index in [4.69, 9.17) is 0 Å².